The Morgan fingerprint density at radius 1 is 1.62 bits per heavy atom. The second-order valence-corrected chi connectivity index (χ2v) is 2.34. The van der Waals surface area contributed by atoms with Crippen molar-refractivity contribution in [2.24, 2.45) is 0 Å². The molecule has 0 heterocycles. The number of hydroxylamine groups is 1. The summed E-state index contributed by atoms with van der Waals surface area (Å²) >= 11 is 0. The monoisotopic (exact) mass is 119 g/mol. The fourth-order valence-electron chi connectivity index (χ4n) is 0.249. The van der Waals surface area contributed by atoms with Gasteiger partial charge >= 0.3 is 0 Å². The molecule has 0 aliphatic rings. The molecule has 0 spiro atoms. The van der Waals surface area contributed by atoms with Crippen molar-refractivity contribution in [1.82, 2.24) is 5.48 Å². The predicted octanol–water partition coefficient (Wildman–Crippen LogP) is -0.0917. The lowest BCUT2D eigenvalue weighted by molar-refractivity contribution is 0.00873. The number of hydrogen-bond acceptors (Lipinski definition) is 3. The zero-order valence-corrected chi connectivity index (χ0v) is 5.56. The lowest BCUT2D eigenvalue weighted by Gasteiger charge is -2.15. The molecule has 3 nitrogen and oxygen atoms in total. The van der Waals surface area contributed by atoms with E-state index in [0.717, 1.165) is 0 Å². The Kier molecular flexibility index (Phi) is 2.97. The molecule has 0 amide bonds. The molecule has 0 aliphatic heterocycles. The van der Waals surface area contributed by atoms with Crippen molar-refractivity contribution < 1.29 is 9.94 Å². The van der Waals surface area contributed by atoms with E-state index in [2.05, 4.69) is 10.3 Å². The van der Waals surface area contributed by atoms with Crippen molar-refractivity contribution in [2.45, 2.75) is 19.4 Å². The number of rotatable bonds is 3. The van der Waals surface area contributed by atoms with E-state index in [4.69, 9.17) is 5.11 Å². The van der Waals surface area contributed by atoms with Crippen molar-refractivity contribution in [1.29, 1.82) is 0 Å². The Morgan fingerprint density at radius 3 is 2.25 bits per heavy atom. The molecule has 0 bridgehead atoms. The summed E-state index contributed by atoms with van der Waals surface area (Å²) in [5, 5.41) is 9.01. The van der Waals surface area contributed by atoms with Gasteiger partial charge in [-0.25, -0.2) is 5.48 Å². The maximum absolute atomic E-state index is 9.01. The van der Waals surface area contributed by atoms with Crippen LogP contribution < -0.4 is 5.48 Å². The largest absolute Gasteiger partial charge is 0.389 e. The maximum atomic E-state index is 9.01. The van der Waals surface area contributed by atoms with Crippen molar-refractivity contribution in [3.05, 3.63) is 0 Å². The Hall–Kier alpha value is -0.120. The fourth-order valence-corrected chi connectivity index (χ4v) is 0.249. The first-order valence-corrected chi connectivity index (χ1v) is 2.54. The molecule has 0 rings (SSSR count). The van der Waals surface area contributed by atoms with Gasteiger partial charge in [0, 0.05) is 6.54 Å². The molecule has 0 fully saturated rings. The SMILES string of the molecule is CONCC(C)(C)O. The van der Waals surface area contributed by atoms with E-state index < -0.39 is 5.60 Å². The molecule has 0 aromatic rings. The van der Waals surface area contributed by atoms with Crippen LogP contribution in [0, 0.1) is 0 Å². The average molecular weight is 119 g/mol. The predicted molar refractivity (Wildman–Crippen MR) is 31.3 cm³/mol. The van der Waals surface area contributed by atoms with Crippen LogP contribution in [0.4, 0.5) is 0 Å². The standard InChI is InChI=1S/C5H13NO2/c1-5(2,7)4-6-8-3/h6-7H,4H2,1-3H3. The number of aliphatic hydroxyl groups is 1. The first kappa shape index (κ1) is 7.88. The van der Waals surface area contributed by atoms with E-state index in [0.29, 0.717) is 6.54 Å². The first-order chi connectivity index (χ1) is 3.56. The maximum Gasteiger partial charge on any atom is 0.0738 e. The quantitative estimate of drug-likeness (QED) is 0.510. The van der Waals surface area contributed by atoms with Crippen LogP contribution >= 0.6 is 0 Å². The molecule has 0 radical (unpaired) electrons. The lowest BCUT2D eigenvalue weighted by Crippen LogP contribution is -2.33. The molecule has 0 aliphatic carbocycles. The Labute approximate surface area is 49.6 Å². The minimum atomic E-state index is -0.685. The summed E-state index contributed by atoms with van der Waals surface area (Å²) in [7, 11) is 1.52. The van der Waals surface area contributed by atoms with Crippen molar-refractivity contribution in [3.8, 4) is 0 Å². The van der Waals surface area contributed by atoms with Gasteiger partial charge in [0.2, 0.25) is 0 Å². The fraction of sp³-hybridized carbons (Fsp3) is 1.00. The van der Waals surface area contributed by atoms with Gasteiger partial charge in [-0.3, -0.25) is 0 Å². The van der Waals surface area contributed by atoms with Gasteiger partial charge in [-0.2, -0.15) is 0 Å². The summed E-state index contributed by atoms with van der Waals surface area (Å²) in [5.41, 5.74) is 1.85. The normalized spacial score (nSPS) is 12.0. The molecule has 3 heteroatoms. The second-order valence-electron chi connectivity index (χ2n) is 2.34. The third-order valence-corrected chi connectivity index (χ3v) is 0.649. The second kappa shape index (κ2) is 3.02. The minimum Gasteiger partial charge on any atom is -0.389 e. The van der Waals surface area contributed by atoms with Crippen LogP contribution in [-0.4, -0.2) is 24.4 Å². The van der Waals surface area contributed by atoms with Gasteiger partial charge in [0.05, 0.1) is 12.7 Å². The molecular weight excluding hydrogens is 106 g/mol. The number of hydrogen-bond donors (Lipinski definition) is 2. The third kappa shape index (κ3) is 5.88. The Morgan fingerprint density at radius 2 is 2.12 bits per heavy atom. The highest BCUT2D eigenvalue weighted by Gasteiger charge is 2.10. The molecule has 0 saturated carbocycles. The van der Waals surface area contributed by atoms with E-state index in [1.54, 1.807) is 13.8 Å². The molecule has 0 saturated heterocycles. The zero-order chi connectivity index (χ0) is 6.62. The first-order valence-electron chi connectivity index (χ1n) is 2.54. The van der Waals surface area contributed by atoms with Gasteiger partial charge in [-0.15, -0.1) is 0 Å². The van der Waals surface area contributed by atoms with Crippen molar-refractivity contribution >= 4 is 0 Å². The van der Waals surface area contributed by atoms with Crippen LogP contribution in [0.3, 0.4) is 0 Å². The van der Waals surface area contributed by atoms with Crippen LogP contribution in [0.5, 0.6) is 0 Å². The van der Waals surface area contributed by atoms with Gasteiger partial charge in [0.15, 0.2) is 0 Å². The molecule has 2 N–H and O–H groups in total. The molecule has 0 unspecified atom stereocenters. The average Bonchev–Trinajstić information content (AvgIpc) is 1.59. The van der Waals surface area contributed by atoms with Gasteiger partial charge in [-0.1, -0.05) is 0 Å². The number of nitrogens with one attached hydrogen (secondary N) is 1. The summed E-state index contributed by atoms with van der Waals surface area (Å²) in [4.78, 5) is 4.51. The molecule has 0 atom stereocenters. The summed E-state index contributed by atoms with van der Waals surface area (Å²) < 4.78 is 0. The molecule has 8 heavy (non-hydrogen) atoms. The van der Waals surface area contributed by atoms with Crippen molar-refractivity contribution in [2.75, 3.05) is 13.7 Å². The minimum absolute atomic E-state index is 0.448. The van der Waals surface area contributed by atoms with E-state index in [1.165, 1.54) is 7.11 Å². The van der Waals surface area contributed by atoms with Crippen LogP contribution in [0.1, 0.15) is 13.8 Å². The summed E-state index contributed by atoms with van der Waals surface area (Å²) in [6.45, 7) is 3.86. The Bertz CT molecular complexity index is 57.9. The lowest BCUT2D eigenvalue weighted by atomic mass is 10.1. The van der Waals surface area contributed by atoms with Crippen LogP contribution in [-0.2, 0) is 4.84 Å². The molecular formula is C5H13NO2. The van der Waals surface area contributed by atoms with E-state index in [1.807, 2.05) is 0 Å². The van der Waals surface area contributed by atoms with Gasteiger partial charge in [0.1, 0.15) is 0 Å². The molecule has 0 aromatic heterocycles. The Balaban J connectivity index is 3.11. The van der Waals surface area contributed by atoms with E-state index >= 15 is 0 Å². The zero-order valence-electron chi connectivity index (χ0n) is 5.56. The van der Waals surface area contributed by atoms with Crippen molar-refractivity contribution in [3.63, 3.8) is 0 Å². The van der Waals surface area contributed by atoms with Gasteiger partial charge < -0.3 is 9.94 Å². The highest BCUT2D eigenvalue weighted by atomic mass is 16.6. The van der Waals surface area contributed by atoms with Crippen LogP contribution in [0.2, 0.25) is 0 Å². The summed E-state index contributed by atoms with van der Waals surface area (Å²) in [5.74, 6) is 0. The molecule has 50 valence electrons. The highest BCUT2D eigenvalue weighted by Crippen LogP contribution is 1.95. The van der Waals surface area contributed by atoms with Crippen LogP contribution in [0.15, 0.2) is 0 Å². The van der Waals surface area contributed by atoms with Gasteiger partial charge in [0.25, 0.3) is 0 Å². The molecule has 0 aromatic carbocycles. The summed E-state index contributed by atoms with van der Waals surface area (Å²) in [6.07, 6.45) is 0. The van der Waals surface area contributed by atoms with E-state index in [-0.39, 0.29) is 0 Å². The van der Waals surface area contributed by atoms with Crippen LogP contribution in [0.25, 0.3) is 0 Å². The highest BCUT2D eigenvalue weighted by molar-refractivity contribution is 4.64. The van der Waals surface area contributed by atoms with Gasteiger partial charge in [-0.05, 0) is 13.8 Å². The third-order valence-electron chi connectivity index (χ3n) is 0.649. The topological polar surface area (TPSA) is 41.5 Å². The summed E-state index contributed by atoms with van der Waals surface area (Å²) in [6, 6.07) is 0. The smallest absolute Gasteiger partial charge is 0.0738 e. The van der Waals surface area contributed by atoms with E-state index in [9.17, 15) is 0 Å².